The fourth-order valence-corrected chi connectivity index (χ4v) is 2.39. The second kappa shape index (κ2) is 9.69. The van der Waals surface area contributed by atoms with Crippen molar-refractivity contribution in [3.8, 4) is 5.75 Å². The first kappa shape index (κ1) is 21.2. The number of nitrogens with one attached hydrogen (secondary N) is 1. The predicted molar refractivity (Wildman–Crippen MR) is 107 cm³/mol. The lowest BCUT2D eigenvalue weighted by Crippen LogP contribution is -2.33. The molecule has 6 heteroatoms. The Morgan fingerprint density at radius 3 is 2.07 bits per heavy atom. The van der Waals surface area contributed by atoms with Gasteiger partial charge < -0.3 is 15.0 Å². The van der Waals surface area contributed by atoms with E-state index in [0.29, 0.717) is 23.4 Å². The third-order valence-corrected chi connectivity index (χ3v) is 4.42. The predicted octanol–water partition coefficient (Wildman–Crippen LogP) is 3.06. The number of hydrogen-bond donors (Lipinski definition) is 1. The van der Waals surface area contributed by atoms with Gasteiger partial charge in [0.1, 0.15) is 5.75 Å². The number of carbonyl (C=O) groups excluding carboxylic acids is 3. The second-order valence-electron chi connectivity index (χ2n) is 6.85. The monoisotopic (exact) mass is 382 g/mol. The van der Waals surface area contributed by atoms with Gasteiger partial charge >= 0.3 is 0 Å². The van der Waals surface area contributed by atoms with Gasteiger partial charge in [0.15, 0.2) is 12.4 Å². The van der Waals surface area contributed by atoms with E-state index in [2.05, 4.69) is 5.32 Å². The zero-order chi connectivity index (χ0) is 20.7. The molecule has 0 unspecified atom stereocenters. The first-order chi connectivity index (χ1) is 13.3. The molecule has 28 heavy (non-hydrogen) atoms. The molecule has 0 aliphatic carbocycles. The number of carbonyl (C=O) groups is 3. The quantitative estimate of drug-likeness (QED) is 0.712. The van der Waals surface area contributed by atoms with E-state index in [1.165, 1.54) is 6.92 Å². The van der Waals surface area contributed by atoms with Crippen molar-refractivity contribution in [2.75, 3.05) is 13.7 Å². The lowest BCUT2D eigenvalue weighted by molar-refractivity contribution is -0.123. The van der Waals surface area contributed by atoms with Gasteiger partial charge in [0, 0.05) is 30.8 Å². The van der Waals surface area contributed by atoms with Crippen LogP contribution in [-0.4, -0.2) is 42.2 Å². The molecule has 6 nitrogen and oxygen atoms in total. The third kappa shape index (κ3) is 5.94. The van der Waals surface area contributed by atoms with Crippen molar-refractivity contribution in [3.63, 3.8) is 0 Å². The van der Waals surface area contributed by atoms with Gasteiger partial charge in [0.25, 0.3) is 11.8 Å². The Morgan fingerprint density at radius 2 is 1.54 bits per heavy atom. The molecule has 0 bridgehead atoms. The highest BCUT2D eigenvalue weighted by molar-refractivity contribution is 5.94. The molecule has 2 aromatic rings. The first-order valence-corrected chi connectivity index (χ1v) is 9.14. The molecule has 0 aliphatic rings. The van der Waals surface area contributed by atoms with Gasteiger partial charge in [0.2, 0.25) is 0 Å². The van der Waals surface area contributed by atoms with E-state index in [-0.39, 0.29) is 30.2 Å². The molecule has 0 fully saturated rings. The number of rotatable bonds is 8. The highest BCUT2D eigenvalue weighted by atomic mass is 16.5. The molecule has 1 N–H and O–H groups in total. The summed E-state index contributed by atoms with van der Waals surface area (Å²) < 4.78 is 5.42. The van der Waals surface area contributed by atoms with Crippen LogP contribution in [0.2, 0.25) is 0 Å². The number of hydrogen-bond acceptors (Lipinski definition) is 4. The van der Waals surface area contributed by atoms with Gasteiger partial charge in [-0.05, 0) is 62.7 Å². The molecule has 2 amide bonds. The summed E-state index contributed by atoms with van der Waals surface area (Å²) in [6.07, 6.45) is 0. The Balaban J connectivity index is 1.80. The fraction of sp³-hybridized carbons (Fsp3) is 0.318. The summed E-state index contributed by atoms with van der Waals surface area (Å²) in [5.74, 6) is 0.218. The van der Waals surface area contributed by atoms with Crippen LogP contribution in [-0.2, 0) is 11.3 Å². The highest BCUT2D eigenvalue weighted by Gasteiger charge is 2.14. The maximum absolute atomic E-state index is 12.3. The molecule has 0 aromatic heterocycles. The molecule has 0 aliphatic heterocycles. The van der Waals surface area contributed by atoms with Gasteiger partial charge in [-0.2, -0.15) is 0 Å². The second-order valence-corrected chi connectivity index (χ2v) is 6.85. The van der Waals surface area contributed by atoms with Gasteiger partial charge in [0.05, 0.1) is 0 Å². The Hall–Kier alpha value is -3.15. The van der Waals surface area contributed by atoms with Crippen molar-refractivity contribution in [2.45, 2.75) is 33.4 Å². The van der Waals surface area contributed by atoms with Crippen LogP contribution in [0.5, 0.6) is 5.75 Å². The van der Waals surface area contributed by atoms with E-state index in [4.69, 9.17) is 4.74 Å². The van der Waals surface area contributed by atoms with E-state index >= 15 is 0 Å². The highest BCUT2D eigenvalue weighted by Crippen LogP contribution is 2.12. The zero-order valence-electron chi connectivity index (χ0n) is 16.7. The molecule has 0 radical (unpaired) electrons. The average Bonchev–Trinajstić information content (AvgIpc) is 2.70. The molecule has 0 saturated carbocycles. The van der Waals surface area contributed by atoms with Crippen LogP contribution in [0.25, 0.3) is 0 Å². The van der Waals surface area contributed by atoms with E-state index in [1.807, 2.05) is 26.0 Å². The molecule has 2 rings (SSSR count). The molecule has 148 valence electrons. The van der Waals surface area contributed by atoms with Gasteiger partial charge in [-0.25, -0.2) is 0 Å². The van der Waals surface area contributed by atoms with Crippen molar-refractivity contribution >= 4 is 17.6 Å². The van der Waals surface area contributed by atoms with Crippen molar-refractivity contribution in [2.24, 2.45) is 0 Å². The number of Topliss-reactive ketones (excluding diaryl/α,β-unsaturated/α-hetero) is 1. The summed E-state index contributed by atoms with van der Waals surface area (Å²) >= 11 is 0. The van der Waals surface area contributed by atoms with E-state index in [9.17, 15) is 14.4 Å². The standard InChI is InChI=1S/C22H26N2O4/c1-15(2)24(4)22(27)19-7-5-17(6-8-19)13-23-21(26)14-28-20-11-9-18(10-12-20)16(3)25/h5-12,15H,13-14H2,1-4H3,(H,23,26). The molecule has 0 saturated heterocycles. The lowest BCUT2D eigenvalue weighted by atomic mass is 10.1. The molecular formula is C22H26N2O4. The number of ketones is 1. The summed E-state index contributed by atoms with van der Waals surface area (Å²) in [5, 5.41) is 2.78. The average molecular weight is 382 g/mol. The normalized spacial score (nSPS) is 10.5. The smallest absolute Gasteiger partial charge is 0.258 e. The van der Waals surface area contributed by atoms with E-state index < -0.39 is 0 Å². The number of ether oxygens (including phenoxy) is 1. The van der Waals surface area contributed by atoms with Crippen molar-refractivity contribution in [3.05, 3.63) is 65.2 Å². The number of amides is 2. The molecule has 0 heterocycles. The van der Waals surface area contributed by atoms with Crippen molar-refractivity contribution in [1.82, 2.24) is 10.2 Å². The Morgan fingerprint density at radius 1 is 0.964 bits per heavy atom. The Bertz CT molecular complexity index is 827. The van der Waals surface area contributed by atoms with Gasteiger partial charge in [-0.15, -0.1) is 0 Å². The zero-order valence-corrected chi connectivity index (χ0v) is 16.7. The number of nitrogens with zero attached hydrogens (tertiary/aromatic N) is 1. The maximum atomic E-state index is 12.3. The lowest BCUT2D eigenvalue weighted by Gasteiger charge is -2.21. The molecule has 2 aromatic carbocycles. The van der Waals surface area contributed by atoms with Crippen LogP contribution in [0.1, 0.15) is 47.1 Å². The molecule has 0 spiro atoms. The minimum atomic E-state index is -0.254. The Labute approximate surface area is 165 Å². The maximum Gasteiger partial charge on any atom is 0.258 e. The first-order valence-electron chi connectivity index (χ1n) is 9.14. The molecule has 0 atom stereocenters. The summed E-state index contributed by atoms with van der Waals surface area (Å²) in [6.45, 7) is 5.65. The summed E-state index contributed by atoms with van der Waals surface area (Å²) in [7, 11) is 1.77. The largest absolute Gasteiger partial charge is 0.484 e. The summed E-state index contributed by atoms with van der Waals surface area (Å²) in [6, 6.07) is 13.9. The van der Waals surface area contributed by atoms with E-state index in [1.54, 1.807) is 48.3 Å². The topological polar surface area (TPSA) is 75.7 Å². The van der Waals surface area contributed by atoms with Gasteiger partial charge in [-0.1, -0.05) is 12.1 Å². The Kier molecular flexibility index (Phi) is 7.32. The van der Waals surface area contributed by atoms with Crippen LogP contribution in [0.4, 0.5) is 0 Å². The SMILES string of the molecule is CC(=O)c1ccc(OCC(=O)NCc2ccc(C(=O)N(C)C(C)C)cc2)cc1. The fourth-order valence-electron chi connectivity index (χ4n) is 2.39. The van der Waals surface area contributed by atoms with Crippen LogP contribution >= 0.6 is 0 Å². The minimum absolute atomic E-state index is 0.0205. The van der Waals surface area contributed by atoms with Crippen LogP contribution in [0, 0.1) is 0 Å². The summed E-state index contributed by atoms with van der Waals surface area (Å²) in [5.41, 5.74) is 2.10. The number of benzene rings is 2. The van der Waals surface area contributed by atoms with Crippen LogP contribution in [0.15, 0.2) is 48.5 Å². The summed E-state index contributed by atoms with van der Waals surface area (Å²) in [4.78, 5) is 37.1. The molecular weight excluding hydrogens is 356 g/mol. The van der Waals surface area contributed by atoms with Gasteiger partial charge in [-0.3, -0.25) is 14.4 Å². The van der Waals surface area contributed by atoms with Crippen LogP contribution < -0.4 is 10.1 Å². The van der Waals surface area contributed by atoms with E-state index in [0.717, 1.165) is 5.56 Å². The third-order valence-electron chi connectivity index (χ3n) is 4.42. The van der Waals surface area contributed by atoms with Crippen LogP contribution in [0.3, 0.4) is 0 Å². The van der Waals surface area contributed by atoms with Crippen molar-refractivity contribution in [1.29, 1.82) is 0 Å². The van der Waals surface area contributed by atoms with Crippen molar-refractivity contribution < 1.29 is 19.1 Å². The minimum Gasteiger partial charge on any atom is -0.484 e.